The van der Waals surface area contributed by atoms with Crippen LogP contribution in [-0.2, 0) is 35.5 Å². The van der Waals surface area contributed by atoms with Crippen LogP contribution in [0.2, 0.25) is 0 Å². The number of pyridine rings is 1. The molecule has 9 nitrogen and oxygen atoms in total. The molecule has 44 heavy (non-hydrogen) atoms. The van der Waals surface area contributed by atoms with Crippen LogP contribution in [0.1, 0.15) is 54.4 Å². The third-order valence-electron chi connectivity index (χ3n) is 10.4. The second kappa shape index (κ2) is 12.0. The number of piperazine rings is 1. The highest BCUT2D eigenvalue weighted by atomic mass is 19.1. The summed E-state index contributed by atoms with van der Waals surface area (Å²) in [6, 6.07) is 10.4. The molecule has 10 heteroatoms. The fourth-order valence-electron chi connectivity index (χ4n) is 8.16. The predicted octanol–water partition coefficient (Wildman–Crippen LogP) is 4.14. The summed E-state index contributed by atoms with van der Waals surface area (Å²) in [5, 5.41) is 9.54. The van der Waals surface area contributed by atoms with Crippen molar-refractivity contribution in [3.8, 4) is 11.9 Å². The van der Waals surface area contributed by atoms with E-state index in [4.69, 9.17) is 14.5 Å². The molecule has 0 saturated carbocycles. The average molecular weight is 601 g/mol. The highest BCUT2D eigenvalue weighted by molar-refractivity contribution is 5.91. The lowest BCUT2D eigenvalue weighted by Gasteiger charge is -2.42. The molecule has 1 aromatic carbocycles. The lowest BCUT2D eigenvalue weighted by atomic mass is 9.95. The van der Waals surface area contributed by atoms with E-state index in [2.05, 4.69) is 51.6 Å². The summed E-state index contributed by atoms with van der Waals surface area (Å²) in [5.41, 5.74) is 6.34. The van der Waals surface area contributed by atoms with Crippen LogP contribution in [-0.4, -0.2) is 84.8 Å². The van der Waals surface area contributed by atoms with E-state index in [1.165, 1.54) is 45.7 Å². The third kappa shape index (κ3) is 5.30. The van der Waals surface area contributed by atoms with Crippen molar-refractivity contribution < 1.29 is 18.7 Å². The molecule has 2 aromatic rings. The van der Waals surface area contributed by atoms with Crippen molar-refractivity contribution in [2.45, 2.75) is 69.7 Å². The molecule has 232 valence electrons. The van der Waals surface area contributed by atoms with E-state index in [0.29, 0.717) is 38.7 Å². The summed E-state index contributed by atoms with van der Waals surface area (Å²) >= 11 is 0. The van der Waals surface area contributed by atoms with Crippen LogP contribution < -0.4 is 14.5 Å². The Morgan fingerprint density at radius 3 is 2.75 bits per heavy atom. The number of rotatable bonds is 7. The molecule has 5 aliphatic heterocycles. The molecule has 0 spiro atoms. The predicted molar refractivity (Wildman–Crippen MR) is 165 cm³/mol. The molecule has 5 aliphatic rings. The molecule has 7 rings (SSSR count). The summed E-state index contributed by atoms with van der Waals surface area (Å²) in [6.45, 7) is 10.3. The average Bonchev–Trinajstić information content (AvgIpc) is 3.63. The third-order valence-corrected chi connectivity index (χ3v) is 10.4. The number of benzene rings is 1. The Balaban J connectivity index is 1.20. The minimum Gasteiger partial charge on any atom is -0.476 e. The van der Waals surface area contributed by atoms with Gasteiger partial charge >= 0.3 is 0 Å². The largest absolute Gasteiger partial charge is 0.476 e. The molecule has 0 unspecified atom stereocenters. The zero-order valence-corrected chi connectivity index (χ0v) is 25.4. The number of aromatic nitrogens is 1. The molecule has 1 amide bonds. The second-order valence-corrected chi connectivity index (χ2v) is 12.9. The zero-order valence-electron chi connectivity index (χ0n) is 25.4. The molecule has 6 heterocycles. The van der Waals surface area contributed by atoms with Gasteiger partial charge in [-0.15, -0.1) is 0 Å². The van der Waals surface area contributed by atoms with E-state index in [9.17, 15) is 14.4 Å². The monoisotopic (exact) mass is 600 g/mol. The van der Waals surface area contributed by atoms with Gasteiger partial charge in [0.15, 0.2) is 5.83 Å². The minimum absolute atomic E-state index is 0.103. The van der Waals surface area contributed by atoms with Crippen LogP contribution in [0.5, 0.6) is 5.88 Å². The molecule has 3 saturated heterocycles. The highest BCUT2D eigenvalue weighted by Crippen LogP contribution is 2.40. The Labute approximate surface area is 258 Å². The fraction of sp³-hybridized carbons (Fsp3) is 0.559. The van der Waals surface area contributed by atoms with Crippen molar-refractivity contribution in [2.75, 3.05) is 62.3 Å². The van der Waals surface area contributed by atoms with Gasteiger partial charge in [0.1, 0.15) is 12.4 Å². The van der Waals surface area contributed by atoms with Crippen LogP contribution in [0.4, 0.5) is 15.9 Å². The smallest absolute Gasteiger partial charge is 0.282 e. The molecule has 0 aliphatic carbocycles. The number of nitriles is 1. The number of amides is 1. The van der Waals surface area contributed by atoms with Gasteiger partial charge < -0.3 is 24.2 Å². The van der Waals surface area contributed by atoms with Crippen LogP contribution in [0.3, 0.4) is 0 Å². The van der Waals surface area contributed by atoms with E-state index in [-0.39, 0.29) is 12.0 Å². The van der Waals surface area contributed by atoms with Crippen molar-refractivity contribution in [1.29, 1.82) is 5.26 Å². The summed E-state index contributed by atoms with van der Waals surface area (Å²) in [5.74, 6) is -0.246. The maximum atomic E-state index is 13.9. The van der Waals surface area contributed by atoms with Gasteiger partial charge in [0.05, 0.1) is 37.3 Å². The van der Waals surface area contributed by atoms with Gasteiger partial charge in [-0.05, 0) is 68.8 Å². The first kappa shape index (κ1) is 29.1. The first-order valence-corrected chi connectivity index (χ1v) is 16.1. The molecule has 1 atom stereocenters. The maximum absolute atomic E-state index is 13.9. The summed E-state index contributed by atoms with van der Waals surface area (Å²) in [4.78, 5) is 26.3. The Morgan fingerprint density at radius 1 is 1.11 bits per heavy atom. The zero-order chi connectivity index (χ0) is 30.3. The van der Waals surface area contributed by atoms with Crippen molar-refractivity contribution >= 4 is 17.4 Å². The Hall–Kier alpha value is -3.68. The number of fused-ring (bicyclic) bond motifs is 3. The minimum atomic E-state index is -0.992. The molecule has 0 radical (unpaired) electrons. The van der Waals surface area contributed by atoms with E-state index in [0.717, 1.165) is 64.3 Å². The Morgan fingerprint density at radius 2 is 1.95 bits per heavy atom. The van der Waals surface area contributed by atoms with Crippen LogP contribution in [0.15, 0.2) is 36.7 Å². The number of nitrogens with zero attached hydrogens (tertiary/aromatic N) is 6. The van der Waals surface area contributed by atoms with Crippen LogP contribution in [0, 0.1) is 11.3 Å². The maximum Gasteiger partial charge on any atom is 0.282 e. The molecule has 0 N–H and O–H groups in total. The van der Waals surface area contributed by atoms with Crippen molar-refractivity contribution in [3.63, 3.8) is 0 Å². The van der Waals surface area contributed by atoms with Gasteiger partial charge in [-0.25, -0.2) is 4.39 Å². The van der Waals surface area contributed by atoms with Crippen LogP contribution in [0.25, 0.3) is 0 Å². The van der Waals surface area contributed by atoms with Gasteiger partial charge in [-0.3, -0.25) is 9.69 Å². The number of carbonyl (C=O) groups is 1. The quantitative estimate of drug-likeness (QED) is 0.439. The topological polar surface area (TPSA) is 85.2 Å². The van der Waals surface area contributed by atoms with Crippen molar-refractivity contribution in [1.82, 2.24) is 14.8 Å². The number of hydrogen-bond donors (Lipinski definition) is 0. The lowest BCUT2D eigenvalue weighted by molar-refractivity contribution is -0.131. The molecule has 0 bridgehead atoms. The van der Waals surface area contributed by atoms with Gasteiger partial charge in [0.25, 0.3) is 5.91 Å². The van der Waals surface area contributed by atoms with Crippen molar-refractivity contribution in [2.24, 2.45) is 0 Å². The number of halogens is 1. The van der Waals surface area contributed by atoms with Gasteiger partial charge in [-0.2, -0.15) is 10.2 Å². The van der Waals surface area contributed by atoms with E-state index in [1.54, 1.807) is 0 Å². The molecule has 1 aromatic heterocycles. The molecular formula is C34H41FN6O3. The standard InChI is InChI=1S/C34H41FN6O3/c1-24(35)33(42)41-17-16-39(21-27(41)7-12-36)32-28-8-15-38(30-6-2-5-25-9-18-43-22-29(25)30)20-26(28)19-31(37-32)44-23-34-10-3-13-40(34)14-4-11-34/h2,5-6,19,27H,1,3-4,7-11,13-18,20-23H2/t27-/m0/s1. The summed E-state index contributed by atoms with van der Waals surface area (Å²) < 4.78 is 26.3. The van der Waals surface area contributed by atoms with Crippen molar-refractivity contribution in [3.05, 3.63) is 58.9 Å². The van der Waals surface area contributed by atoms with Gasteiger partial charge in [0, 0.05) is 55.6 Å². The highest BCUT2D eigenvalue weighted by Gasteiger charge is 2.45. The van der Waals surface area contributed by atoms with Gasteiger partial charge in [-0.1, -0.05) is 18.7 Å². The summed E-state index contributed by atoms with van der Waals surface area (Å²) in [7, 11) is 0. The van der Waals surface area contributed by atoms with Gasteiger partial charge in [0.2, 0.25) is 5.88 Å². The Kier molecular flexibility index (Phi) is 7.93. The summed E-state index contributed by atoms with van der Waals surface area (Å²) in [6.07, 6.45) is 6.59. The number of carbonyl (C=O) groups excluding carboxylic acids is 1. The normalized spacial score (nSPS) is 22.6. The fourth-order valence-corrected chi connectivity index (χ4v) is 8.16. The Bertz CT molecular complexity index is 1480. The number of ether oxygens (including phenoxy) is 2. The first-order chi connectivity index (χ1) is 21.5. The molecule has 3 fully saturated rings. The van der Waals surface area contributed by atoms with E-state index >= 15 is 0 Å². The number of hydrogen-bond acceptors (Lipinski definition) is 8. The first-order valence-electron chi connectivity index (χ1n) is 16.1. The number of anilines is 2. The lowest BCUT2D eigenvalue weighted by Crippen LogP contribution is -2.55. The second-order valence-electron chi connectivity index (χ2n) is 12.9. The van der Waals surface area contributed by atoms with Crippen LogP contribution >= 0.6 is 0 Å². The molecular weight excluding hydrogens is 559 g/mol. The van der Waals surface area contributed by atoms with E-state index in [1.807, 2.05) is 0 Å². The van der Waals surface area contributed by atoms with E-state index < -0.39 is 17.8 Å². The SMILES string of the molecule is C=C(F)C(=O)N1CCN(c2nc(OCC34CCCN3CCC4)cc3c2CCN(c2cccc4c2COCC4)C3)C[C@@H]1CC#N.